The lowest BCUT2D eigenvalue weighted by Crippen LogP contribution is -2.43. The van der Waals surface area contributed by atoms with Gasteiger partial charge in [-0.15, -0.1) is 0 Å². The van der Waals surface area contributed by atoms with Gasteiger partial charge in [-0.05, 0) is 51.7 Å². The first kappa shape index (κ1) is 16.2. The zero-order chi connectivity index (χ0) is 15.5. The van der Waals surface area contributed by atoms with Crippen LogP contribution in [-0.4, -0.2) is 29.8 Å². The minimum absolute atomic E-state index is 0.0120. The van der Waals surface area contributed by atoms with E-state index in [0.717, 1.165) is 18.4 Å². The Morgan fingerprint density at radius 2 is 2.05 bits per heavy atom. The Labute approximate surface area is 127 Å². The Morgan fingerprint density at radius 3 is 2.57 bits per heavy atom. The highest BCUT2D eigenvalue weighted by molar-refractivity contribution is 5.56. The monoisotopic (exact) mass is 294 g/mol. The summed E-state index contributed by atoms with van der Waals surface area (Å²) in [6, 6.07) is 5.61. The maximum Gasteiger partial charge on any atom is 0.146 e. The fourth-order valence-corrected chi connectivity index (χ4v) is 2.67. The normalized spacial score (nSPS) is 15.9. The van der Waals surface area contributed by atoms with E-state index in [1.807, 2.05) is 6.07 Å². The molecule has 1 aromatic rings. The minimum Gasteiger partial charge on any atom is -0.395 e. The molecular formula is C17H27FN2O. The molecule has 118 valence electrons. The zero-order valence-corrected chi connectivity index (χ0v) is 13.3. The second-order valence-electron chi connectivity index (χ2n) is 6.85. The van der Waals surface area contributed by atoms with E-state index in [1.165, 1.54) is 12.5 Å². The highest BCUT2D eigenvalue weighted by atomic mass is 19.1. The predicted molar refractivity (Wildman–Crippen MR) is 85.1 cm³/mol. The number of aliphatic hydroxyl groups excluding tert-OH is 1. The molecular weight excluding hydrogens is 267 g/mol. The van der Waals surface area contributed by atoms with Crippen LogP contribution in [0.5, 0.6) is 0 Å². The standard InChI is InChI=1S/C17H27FN2O/c1-17(2,3)19-12-13-6-4-9-15(18)16(13)20(10-11-21)14-7-5-8-14/h4,6,9,14,19,21H,5,7-8,10-12H2,1-3H3. The largest absolute Gasteiger partial charge is 0.395 e. The van der Waals surface area contributed by atoms with Crippen molar-refractivity contribution in [3.8, 4) is 0 Å². The van der Waals surface area contributed by atoms with Gasteiger partial charge < -0.3 is 15.3 Å². The Kier molecular flexibility index (Phi) is 5.22. The van der Waals surface area contributed by atoms with Gasteiger partial charge in [0.05, 0.1) is 12.3 Å². The van der Waals surface area contributed by atoms with Crippen molar-refractivity contribution in [2.75, 3.05) is 18.1 Å². The van der Waals surface area contributed by atoms with Crippen LogP contribution in [0.4, 0.5) is 10.1 Å². The Morgan fingerprint density at radius 1 is 1.33 bits per heavy atom. The van der Waals surface area contributed by atoms with Crippen molar-refractivity contribution < 1.29 is 9.50 Å². The van der Waals surface area contributed by atoms with E-state index in [-0.39, 0.29) is 18.0 Å². The van der Waals surface area contributed by atoms with Crippen molar-refractivity contribution >= 4 is 5.69 Å². The summed E-state index contributed by atoms with van der Waals surface area (Å²) >= 11 is 0. The molecule has 21 heavy (non-hydrogen) atoms. The zero-order valence-electron chi connectivity index (χ0n) is 13.3. The first-order chi connectivity index (χ1) is 9.92. The smallest absolute Gasteiger partial charge is 0.146 e. The molecule has 1 fully saturated rings. The van der Waals surface area contributed by atoms with Gasteiger partial charge in [-0.25, -0.2) is 4.39 Å². The number of hydrogen-bond donors (Lipinski definition) is 2. The van der Waals surface area contributed by atoms with E-state index in [1.54, 1.807) is 6.07 Å². The van der Waals surface area contributed by atoms with Crippen molar-refractivity contribution in [2.24, 2.45) is 0 Å². The molecule has 1 aliphatic carbocycles. The molecule has 0 aliphatic heterocycles. The topological polar surface area (TPSA) is 35.5 Å². The molecule has 1 saturated carbocycles. The summed E-state index contributed by atoms with van der Waals surface area (Å²) in [6.07, 6.45) is 3.36. The van der Waals surface area contributed by atoms with Crippen molar-refractivity contribution in [1.82, 2.24) is 5.32 Å². The molecule has 0 bridgehead atoms. The Hall–Kier alpha value is -1.13. The molecule has 3 nitrogen and oxygen atoms in total. The minimum atomic E-state index is -0.191. The van der Waals surface area contributed by atoms with Gasteiger partial charge >= 0.3 is 0 Å². The Balaban J connectivity index is 2.26. The molecule has 0 heterocycles. The lowest BCUT2D eigenvalue weighted by molar-refractivity contribution is 0.282. The van der Waals surface area contributed by atoms with Gasteiger partial charge in [0.15, 0.2) is 0 Å². The summed E-state index contributed by atoms with van der Waals surface area (Å²) in [6.45, 7) is 7.48. The van der Waals surface area contributed by atoms with Crippen LogP contribution in [0.1, 0.15) is 45.6 Å². The fourth-order valence-electron chi connectivity index (χ4n) is 2.67. The number of nitrogens with one attached hydrogen (secondary N) is 1. The van der Waals surface area contributed by atoms with Crippen LogP contribution in [0.15, 0.2) is 18.2 Å². The number of anilines is 1. The maximum atomic E-state index is 14.4. The summed E-state index contributed by atoms with van der Waals surface area (Å²) < 4.78 is 14.4. The quantitative estimate of drug-likeness (QED) is 0.846. The molecule has 0 amide bonds. The van der Waals surface area contributed by atoms with Gasteiger partial charge in [0.1, 0.15) is 5.82 Å². The summed E-state index contributed by atoms with van der Waals surface area (Å²) in [5, 5.41) is 12.7. The molecule has 0 aromatic heterocycles. The third kappa shape index (κ3) is 4.17. The molecule has 2 rings (SSSR count). The van der Waals surface area contributed by atoms with Crippen LogP contribution >= 0.6 is 0 Å². The highest BCUT2D eigenvalue weighted by Crippen LogP contribution is 2.33. The number of rotatable bonds is 6. The van der Waals surface area contributed by atoms with Crippen molar-refractivity contribution in [2.45, 2.75) is 58.2 Å². The molecule has 0 spiro atoms. The van der Waals surface area contributed by atoms with E-state index < -0.39 is 0 Å². The molecule has 1 aliphatic rings. The predicted octanol–water partition coefficient (Wildman–Crippen LogP) is 3.07. The van der Waals surface area contributed by atoms with Crippen LogP contribution in [0.25, 0.3) is 0 Å². The van der Waals surface area contributed by atoms with E-state index in [9.17, 15) is 9.50 Å². The van der Waals surface area contributed by atoms with Crippen LogP contribution in [0.2, 0.25) is 0 Å². The summed E-state index contributed by atoms with van der Waals surface area (Å²) in [4.78, 5) is 2.05. The SMILES string of the molecule is CC(C)(C)NCc1cccc(F)c1N(CCO)C1CCC1. The third-order valence-electron chi connectivity index (χ3n) is 4.02. The van der Waals surface area contributed by atoms with Gasteiger partial charge in [0.25, 0.3) is 0 Å². The average Bonchev–Trinajstić information content (AvgIpc) is 2.33. The second-order valence-corrected chi connectivity index (χ2v) is 6.85. The second kappa shape index (κ2) is 6.75. The van der Waals surface area contributed by atoms with Crippen molar-refractivity contribution in [3.63, 3.8) is 0 Å². The number of benzene rings is 1. The third-order valence-corrected chi connectivity index (χ3v) is 4.02. The molecule has 4 heteroatoms. The lowest BCUT2D eigenvalue weighted by Gasteiger charge is -2.40. The number of nitrogens with zero attached hydrogens (tertiary/aromatic N) is 1. The van der Waals surface area contributed by atoms with Gasteiger partial charge in [-0.3, -0.25) is 0 Å². The number of para-hydroxylation sites is 1. The number of hydrogen-bond acceptors (Lipinski definition) is 3. The average molecular weight is 294 g/mol. The number of halogens is 1. The van der Waals surface area contributed by atoms with Gasteiger partial charge in [0, 0.05) is 24.7 Å². The molecule has 0 unspecified atom stereocenters. The van der Waals surface area contributed by atoms with Crippen LogP contribution in [0, 0.1) is 5.82 Å². The number of aliphatic hydroxyl groups is 1. The highest BCUT2D eigenvalue weighted by Gasteiger charge is 2.28. The van der Waals surface area contributed by atoms with Gasteiger partial charge in [-0.1, -0.05) is 12.1 Å². The van der Waals surface area contributed by atoms with E-state index >= 15 is 0 Å². The summed E-state index contributed by atoms with van der Waals surface area (Å²) in [5.74, 6) is -0.191. The van der Waals surface area contributed by atoms with Gasteiger partial charge in [0.2, 0.25) is 0 Å². The Bertz CT molecular complexity index is 466. The van der Waals surface area contributed by atoms with Crippen molar-refractivity contribution in [3.05, 3.63) is 29.6 Å². The van der Waals surface area contributed by atoms with Gasteiger partial charge in [-0.2, -0.15) is 0 Å². The lowest BCUT2D eigenvalue weighted by atomic mass is 9.90. The van der Waals surface area contributed by atoms with E-state index in [0.29, 0.717) is 24.8 Å². The van der Waals surface area contributed by atoms with Crippen LogP contribution < -0.4 is 10.2 Å². The molecule has 0 saturated heterocycles. The molecule has 1 aromatic carbocycles. The summed E-state index contributed by atoms with van der Waals surface area (Å²) in [5.41, 5.74) is 1.61. The first-order valence-electron chi connectivity index (χ1n) is 7.82. The summed E-state index contributed by atoms with van der Waals surface area (Å²) in [7, 11) is 0. The van der Waals surface area contributed by atoms with Crippen LogP contribution in [-0.2, 0) is 6.54 Å². The molecule has 0 atom stereocenters. The maximum absolute atomic E-state index is 14.4. The van der Waals surface area contributed by atoms with E-state index in [4.69, 9.17) is 0 Å². The van der Waals surface area contributed by atoms with Crippen LogP contribution in [0.3, 0.4) is 0 Å². The molecule has 2 N–H and O–H groups in total. The first-order valence-corrected chi connectivity index (χ1v) is 7.82. The van der Waals surface area contributed by atoms with E-state index in [2.05, 4.69) is 31.0 Å². The molecule has 0 radical (unpaired) electrons. The van der Waals surface area contributed by atoms with Crippen molar-refractivity contribution in [1.29, 1.82) is 0 Å². The fraction of sp³-hybridized carbons (Fsp3) is 0.647.